The third kappa shape index (κ3) is 6.18. The summed E-state index contributed by atoms with van der Waals surface area (Å²) in [6, 6.07) is 14.2. The molecule has 1 unspecified atom stereocenters. The second-order valence-corrected chi connectivity index (χ2v) is 6.00. The maximum Gasteiger partial charge on any atom is 0.0900 e. The lowest BCUT2D eigenvalue weighted by molar-refractivity contribution is 0.00827. The summed E-state index contributed by atoms with van der Waals surface area (Å²) in [7, 11) is 2.05. The summed E-state index contributed by atoms with van der Waals surface area (Å²) >= 11 is 0. The van der Waals surface area contributed by atoms with Crippen molar-refractivity contribution in [2.45, 2.75) is 32.6 Å². The fourth-order valence-electron chi connectivity index (χ4n) is 2.68. The highest BCUT2D eigenvalue weighted by molar-refractivity contribution is 5.13. The molecule has 126 valence electrons. The van der Waals surface area contributed by atoms with Gasteiger partial charge in [-0.1, -0.05) is 37.3 Å². The molecule has 0 saturated heterocycles. The molecule has 0 aliphatic heterocycles. The molecule has 2 rings (SSSR count). The van der Waals surface area contributed by atoms with Gasteiger partial charge in [0.15, 0.2) is 0 Å². The zero-order valence-corrected chi connectivity index (χ0v) is 14.2. The van der Waals surface area contributed by atoms with Crippen LogP contribution < -0.4 is 0 Å². The second-order valence-electron chi connectivity index (χ2n) is 6.00. The molecule has 1 aromatic heterocycles. The molecule has 0 aliphatic carbocycles. The Morgan fingerprint density at radius 1 is 1.17 bits per heavy atom. The lowest BCUT2D eigenvalue weighted by atomic mass is 10.2. The van der Waals surface area contributed by atoms with Gasteiger partial charge >= 0.3 is 0 Å². The third-order valence-corrected chi connectivity index (χ3v) is 3.87. The Morgan fingerprint density at radius 3 is 2.61 bits per heavy atom. The lowest BCUT2D eigenvalue weighted by Crippen LogP contribution is -2.35. The summed E-state index contributed by atoms with van der Waals surface area (Å²) in [4.78, 5) is 2.28. The van der Waals surface area contributed by atoms with Gasteiger partial charge in [-0.05, 0) is 30.7 Å². The minimum absolute atomic E-state index is 0.363. The third-order valence-electron chi connectivity index (χ3n) is 3.87. The molecule has 0 amide bonds. The monoisotopic (exact) mass is 316 g/mol. The molecule has 1 N–H and O–H groups in total. The van der Waals surface area contributed by atoms with Crippen LogP contribution in [0.3, 0.4) is 0 Å². The number of hydrogen-bond acceptors (Lipinski definition) is 3. The van der Waals surface area contributed by atoms with Gasteiger partial charge in [-0.25, -0.2) is 0 Å². The van der Waals surface area contributed by atoms with E-state index in [4.69, 9.17) is 4.74 Å². The van der Waals surface area contributed by atoms with Gasteiger partial charge in [0.05, 0.1) is 19.3 Å². The Morgan fingerprint density at radius 2 is 1.96 bits per heavy atom. The van der Waals surface area contributed by atoms with E-state index in [-0.39, 0.29) is 0 Å². The van der Waals surface area contributed by atoms with Crippen molar-refractivity contribution in [3.63, 3.8) is 0 Å². The minimum atomic E-state index is -0.467. The molecule has 0 fully saturated rings. The van der Waals surface area contributed by atoms with E-state index in [9.17, 15) is 5.11 Å². The lowest BCUT2D eigenvalue weighted by Gasteiger charge is -2.25. The van der Waals surface area contributed by atoms with Crippen LogP contribution in [0.2, 0.25) is 0 Å². The van der Waals surface area contributed by atoms with Crippen molar-refractivity contribution in [1.29, 1.82) is 0 Å². The van der Waals surface area contributed by atoms with E-state index in [1.54, 1.807) is 0 Å². The molecule has 0 aliphatic rings. The number of aromatic nitrogens is 1. The number of ether oxygens (including phenoxy) is 1. The Bertz CT molecular complexity index is 554. The first-order valence-corrected chi connectivity index (χ1v) is 8.31. The number of rotatable bonds is 10. The van der Waals surface area contributed by atoms with Crippen molar-refractivity contribution < 1.29 is 9.84 Å². The predicted molar refractivity (Wildman–Crippen MR) is 93.1 cm³/mol. The van der Waals surface area contributed by atoms with Gasteiger partial charge in [0.2, 0.25) is 0 Å². The van der Waals surface area contributed by atoms with Crippen LogP contribution in [0.4, 0.5) is 0 Å². The number of nitrogens with zero attached hydrogens (tertiary/aromatic N) is 2. The van der Waals surface area contributed by atoms with E-state index in [0.717, 1.165) is 25.1 Å². The zero-order chi connectivity index (χ0) is 16.5. The van der Waals surface area contributed by atoms with E-state index in [2.05, 4.69) is 41.8 Å². The normalized spacial score (nSPS) is 12.7. The van der Waals surface area contributed by atoms with Gasteiger partial charge < -0.3 is 14.4 Å². The van der Waals surface area contributed by atoms with Gasteiger partial charge in [0.1, 0.15) is 0 Å². The Hall–Kier alpha value is -1.62. The fraction of sp³-hybridized carbons (Fsp3) is 0.474. The molecule has 4 heteroatoms. The Kier molecular flexibility index (Phi) is 7.33. The molecule has 1 atom stereocenters. The smallest absolute Gasteiger partial charge is 0.0900 e. The number of aliphatic hydroxyl groups is 1. The van der Waals surface area contributed by atoms with Crippen molar-refractivity contribution in [2.75, 3.05) is 19.7 Å². The average molecular weight is 316 g/mol. The van der Waals surface area contributed by atoms with Crippen molar-refractivity contribution in [1.82, 2.24) is 9.47 Å². The molecular formula is C19H28N2O2. The van der Waals surface area contributed by atoms with Crippen LogP contribution in [0.1, 0.15) is 24.6 Å². The first-order valence-electron chi connectivity index (χ1n) is 8.31. The number of hydrogen-bond donors (Lipinski definition) is 1. The average Bonchev–Trinajstić information content (AvgIpc) is 2.94. The van der Waals surface area contributed by atoms with Crippen molar-refractivity contribution in [3.05, 3.63) is 59.9 Å². The molecule has 0 saturated carbocycles. The van der Waals surface area contributed by atoms with Gasteiger partial charge in [-0.15, -0.1) is 0 Å². The van der Waals surface area contributed by atoms with E-state index in [0.29, 0.717) is 19.8 Å². The molecule has 0 bridgehead atoms. The molecule has 2 aromatic rings. The summed E-state index contributed by atoms with van der Waals surface area (Å²) in [6.45, 7) is 5.53. The summed E-state index contributed by atoms with van der Waals surface area (Å²) in [6.07, 6.45) is 2.66. The van der Waals surface area contributed by atoms with Crippen LogP contribution >= 0.6 is 0 Å². The predicted octanol–water partition coefficient (Wildman–Crippen LogP) is 2.81. The zero-order valence-electron chi connectivity index (χ0n) is 14.2. The van der Waals surface area contributed by atoms with Crippen LogP contribution in [-0.4, -0.2) is 40.4 Å². The molecule has 1 aromatic carbocycles. The largest absolute Gasteiger partial charge is 0.389 e. The molecule has 4 nitrogen and oxygen atoms in total. The summed E-state index contributed by atoms with van der Waals surface area (Å²) in [5.74, 6) is 0. The highest BCUT2D eigenvalue weighted by atomic mass is 16.5. The highest BCUT2D eigenvalue weighted by Crippen LogP contribution is 2.07. The van der Waals surface area contributed by atoms with Crippen LogP contribution in [0.5, 0.6) is 0 Å². The fourth-order valence-corrected chi connectivity index (χ4v) is 2.68. The molecule has 0 radical (unpaired) electrons. The maximum atomic E-state index is 10.2. The minimum Gasteiger partial charge on any atom is -0.389 e. The van der Waals surface area contributed by atoms with Crippen LogP contribution in [0.15, 0.2) is 48.7 Å². The number of aliphatic hydroxyl groups excluding tert-OH is 1. The SMILES string of the molecule is CCCN(Cc1cccn1C)CC(O)COCc1ccccc1. The molecular weight excluding hydrogens is 288 g/mol. The number of benzene rings is 1. The summed E-state index contributed by atoms with van der Waals surface area (Å²) < 4.78 is 7.76. The summed E-state index contributed by atoms with van der Waals surface area (Å²) in [5.41, 5.74) is 2.39. The van der Waals surface area contributed by atoms with Crippen LogP contribution in [0.25, 0.3) is 0 Å². The first kappa shape index (κ1) is 17.7. The topological polar surface area (TPSA) is 37.6 Å². The molecule has 1 heterocycles. The maximum absolute atomic E-state index is 10.2. The molecule has 0 spiro atoms. The van der Waals surface area contributed by atoms with Gasteiger partial charge in [-0.3, -0.25) is 4.90 Å². The number of aryl methyl sites for hydroxylation is 1. The molecule has 23 heavy (non-hydrogen) atoms. The van der Waals surface area contributed by atoms with E-state index >= 15 is 0 Å². The van der Waals surface area contributed by atoms with E-state index < -0.39 is 6.10 Å². The van der Waals surface area contributed by atoms with Crippen molar-refractivity contribution in [2.24, 2.45) is 7.05 Å². The van der Waals surface area contributed by atoms with Gasteiger partial charge in [0.25, 0.3) is 0 Å². The summed E-state index contributed by atoms with van der Waals surface area (Å²) in [5, 5.41) is 10.2. The highest BCUT2D eigenvalue weighted by Gasteiger charge is 2.13. The van der Waals surface area contributed by atoms with Crippen molar-refractivity contribution in [3.8, 4) is 0 Å². The second kappa shape index (κ2) is 9.50. The van der Waals surface area contributed by atoms with Gasteiger partial charge in [-0.2, -0.15) is 0 Å². The first-order chi connectivity index (χ1) is 11.2. The quantitative estimate of drug-likeness (QED) is 0.732. The van der Waals surface area contributed by atoms with Gasteiger partial charge in [0, 0.05) is 32.0 Å². The van der Waals surface area contributed by atoms with Crippen molar-refractivity contribution >= 4 is 0 Å². The van der Waals surface area contributed by atoms with E-state index in [1.807, 2.05) is 30.3 Å². The van der Waals surface area contributed by atoms with E-state index in [1.165, 1.54) is 5.69 Å². The standard InChI is InChI=1S/C19H28N2O2/c1-3-11-21(13-18-10-7-12-20(18)2)14-19(22)16-23-15-17-8-5-4-6-9-17/h4-10,12,19,22H,3,11,13-16H2,1-2H3. The Labute approximate surface area is 139 Å². The van der Waals surface area contributed by atoms with Crippen LogP contribution in [0, 0.1) is 0 Å². The Balaban J connectivity index is 1.76. The van der Waals surface area contributed by atoms with Crippen LogP contribution in [-0.2, 0) is 24.9 Å².